The molecule has 0 spiro atoms. The van der Waals surface area contributed by atoms with Crippen molar-refractivity contribution < 1.29 is 14.4 Å². The summed E-state index contributed by atoms with van der Waals surface area (Å²) in [6.07, 6.45) is 2.86. The molecule has 3 heterocycles. The number of hydrogen-bond donors (Lipinski definition) is 1. The van der Waals surface area contributed by atoms with E-state index < -0.39 is 12.0 Å². The maximum atomic E-state index is 13.8. The second kappa shape index (κ2) is 10.9. The van der Waals surface area contributed by atoms with Crippen LogP contribution in [0.5, 0.6) is 0 Å². The molecule has 0 radical (unpaired) electrons. The van der Waals surface area contributed by atoms with E-state index in [1.54, 1.807) is 38.1 Å². The third-order valence-corrected chi connectivity index (χ3v) is 7.11. The first-order chi connectivity index (χ1) is 17.7. The van der Waals surface area contributed by atoms with Crippen molar-refractivity contribution in [2.75, 3.05) is 24.3 Å². The zero-order valence-electron chi connectivity index (χ0n) is 22.0. The Morgan fingerprint density at radius 1 is 1.16 bits per heavy atom. The standard InChI is InChI=1S/C28H34N6O3/c1-6-20(21-10-8-7-9-11-21)17-25(35)34-26(28(37)32(4)24-12-13-30-33(24)5)22(27(34)36)15-19-14-18(2)31-23(16-19)29-3/h7-14,16,20,22,26H,6,15,17H2,1-5H3,(H,29,31)/t20-,22+,26-/m0/s1. The van der Waals surface area contributed by atoms with Crippen molar-refractivity contribution in [1.82, 2.24) is 19.7 Å². The average Bonchev–Trinajstić information content (AvgIpc) is 3.33. The highest BCUT2D eigenvalue weighted by atomic mass is 16.2. The number of carbonyl (C=O) groups is 3. The molecule has 0 bridgehead atoms. The van der Waals surface area contributed by atoms with E-state index in [9.17, 15) is 14.4 Å². The average molecular weight is 503 g/mol. The minimum Gasteiger partial charge on any atom is -0.373 e. The number of amides is 3. The minimum atomic E-state index is -0.889. The maximum Gasteiger partial charge on any atom is 0.252 e. The first kappa shape index (κ1) is 26.1. The molecule has 9 heteroatoms. The lowest BCUT2D eigenvalue weighted by atomic mass is 9.80. The Labute approximate surface area is 217 Å². The second-order valence-electron chi connectivity index (χ2n) is 9.54. The molecule has 0 aliphatic carbocycles. The van der Waals surface area contributed by atoms with E-state index in [4.69, 9.17) is 0 Å². The normalized spacial score (nSPS) is 17.8. The minimum absolute atomic E-state index is 0.0351. The lowest BCUT2D eigenvalue weighted by Crippen LogP contribution is -2.69. The van der Waals surface area contributed by atoms with Gasteiger partial charge in [-0.15, -0.1) is 0 Å². The molecule has 3 atom stereocenters. The molecule has 1 aliphatic rings. The summed E-state index contributed by atoms with van der Waals surface area (Å²) >= 11 is 0. The van der Waals surface area contributed by atoms with Gasteiger partial charge in [-0.3, -0.25) is 28.9 Å². The molecule has 37 heavy (non-hydrogen) atoms. The van der Waals surface area contributed by atoms with Crippen LogP contribution >= 0.6 is 0 Å². The molecular weight excluding hydrogens is 468 g/mol. The summed E-state index contributed by atoms with van der Waals surface area (Å²) in [6.45, 7) is 3.91. The number of likely N-dealkylation sites (N-methyl/N-ethyl adjacent to an activating group) is 1. The predicted molar refractivity (Wildman–Crippen MR) is 142 cm³/mol. The number of imide groups is 1. The number of hydrogen-bond acceptors (Lipinski definition) is 6. The van der Waals surface area contributed by atoms with Crippen LogP contribution in [0.3, 0.4) is 0 Å². The van der Waals surface area contributed by atoms with Gasteiger partial charge in [0.05, 0.1) is 12.1 Å². The van der Waals surface area contributed by atoms with E-state index in [1.165, 1.54) is 9.80 Å². The van der Waals surface area contributed by atoms with E-state index in [0.29, 0.717) is 18.1 Å². The van der Waals surface area contributed by atoms with Crippen molar-refractivity contribution in [2.45, 2.75) is 45.1 Å². The first-order valence-electron chi connectivity index (χ1n) is 12.6. The van der Waals surface area contributed by atoms with E-state index >= 15 is 0 Å². The van der Waals surface area contributed by atoms with Gasteiger partial charge in [0.2, 0.25) is 11.8 Å². The van der Waals surface area contributed by atoms with Crippen LogP contribution in [0.15, 0.2) is 54.7 Å². The third-order valence-electron chi connectivity index (χ3n) is 7.11. The second-order valence-corrected chi connectivity index (χ2v) is 9.54. The lowest BCUT2D eigenvalue weighted by Gasteiger charge is -2.46. The molecule has 0 saturated carbocycles. The Morgan fingerprint density at radius 3 is 2.51 bits per heavy atom. The fraction of sp³-hybridized carbons (Fsp3) is 0.393. The molecule has 9 nitrogen and oxygen atoms in total. The molecule has 1 fully saturated rings. The third kappa shape index (κ3) is 5.26. The van der Waals surface area contributed by atoms with Gasteiger partial charge in [0.15, 0.2) is 0 Å². The van der Waals surface area contributed by atoms with E-state index in [1.807, 2.05) is 56.3 Å². The summed E-state index contributed by atoms with van der Waals surface area (Å²) in [4.78, 5) is 47.8. The molecule has 1 N–H and O–H groups in total. The van der Waals surface area contributed by atoms with Gasteiger partial charge in [-0.2, -0.15) is 5.10 Å². The Morgan fingerprint density at radius 2 is 1.89 bits per heavy atom. The molecule has 2 aromatic heterocycles. The molecule has 0 unspecified atom stereocenters. The highest BCUT2D eigenvalue weighted by Crippen LogP contribution is 2.35. The van der Waals surface area contributed by atoms with E-state index in [-0.39, 0.29) is 30.1 Å². The van der Waals surface area contributed by atoms with E-state index in [2.05, 4.69) is 15.4 Å². The number of anilines is 2. The topological polar surface area (TPSA) is 100 Å². The van der Waals surface area contributed by atoms with Crippen LogP contribution in [0.1, 0.15) is 42.5 Å². The number of nitrogens with zero attached hydrogens (tertiary/aromatic N) is 5. The molecule has 4 rings (SSSR count). The summed E-state index contributed by atoms with van der Waals surface area (Å²) in [5.41, 5.74) is 2.74. The number of aromatic nitrogens is 3. The first-order valence-corrected chi connectivity index (χ1v) is 12.6. The summed E-state index contributed by atoms with van der Waals surface area (Å²) in [5, 5.41) is 7.18. The molecular formula is C28H34N6O3. The van der Waals surface area contributed by atoms with Crippen molar-refractivity contribution in [2.24, 2.45) is 13.0 Å². The Hall–Kier alpha value is -4.01. The van der Waals surface area contributed by atoms with Crippen LogP contribution < -0.4 is 10.2 Å². The van der Waals surface area contributed by atoms with Gasteiger partial charge < -0.3 is 5.32 Å². The van der Waals surface area contributed by atoms with Gasteiger partial charge in [0.1, 0.15) is 17.7 Å². The van der Waals surface area contributed by atoms with Gasteiger partial charge in [0, 0.05) is 39.3 Å². The van der Waals surface area contributed by atoms with Gasteiger partial charge in [-0.1, -0.05) is 37.3 Å². The molecule has 1 saturated heterocycles. The van der Waals surface area contributed by atoms with Gasteiger partial charge in [-0.25, -0.2) is 4.98 Å². The maximum absolute atomic E-state index is 13.8. The summed E-state index contributed by atoms with van der Waals surface area (Å²) < 4.78 is 1.59. The summed E-state index contributed by atoms with van der Waals surface area (Å²) in [7, 11) is 5.18. The lowest BCUT2D eigenvalue weighted by molar-refractivity contribution is -0.170. The molecule has 3 amide bonds. The smallest absolute Gasteiger partial charge is 0.252 e. The number of benzene rings is 1. The fourth-order valence-corrected chi connectivity index (χ4v) is 5.09. The van der Waals surface area contributed by atoms with Gasteiger partial charge in [0.25, 0.3) is 5.91 Å². The van der Waals surface area contributed by atoms with Gasteiger partial charge >= 0.3 is 0 Å². The SMILES string of the molecule is CC[C@@H](CC(=O)N1C(=O)[C@H](Cc2cc(C)nc(NC)c2)[C@H]1C(=O)N(C)c1ccnn1C)c1ccccc1. The van der Waals surface area contributed by atoms with Crippen LogP contribution in [-0.2, 0) is 27.9 Å². The molecule has 1 aromatic carbocycles. The van der Waals surface area contributed by atoms with Crippen LogP contribution in [0.4, 0.5) is 11.6 Å². The Balaban J connectivity index is 1.62. The van der Waals surface area contributed by atoms with Crippen molar-refractivity contribution >= 4 is 29.4 Å². The van der Waals surface area contributed by atoms with Crippen molar-refractivity contribution in [3.63, 3.8) is 0 Å². The number of rotatable bonds is 9. The summed E-state index contributed by atoms with van der Waals surface area (Å²) in [6, 6.07) is 14.4. The van der Waals surface area contributed by atoms with Crippen molar-refractivity contribution in [3.05, 3.63) is 71.5 Å². The molecule has 194 valence electrons. The van der Waals surface area contributed by atoms with Crippen LogP contribution in [0.25, 0.3) is 0 Å². The fourth-order valence-electron chi connectivity index (χ4n) is 5.09. The number of pyridine rings is 1. The van der Waals surface area contributed by atoms with E-state index in [0.717, 1.165) is 23.2 Å². The van der Waals surface area contributed by atoms with Crippen molar-refractivity contribution in [3.8, 4) is 0 Å². The molecule has 3 aromatic rings. The number of β-lactam (4-membered cyclic amide) rings is 1. The Kier molecular flexibility index (Phi) is 7.71. The zero-order valence-corrected chi connectivity index (χ0v) is 22.0. The Bertz CT molecular complexity index is 1290. The van der Waals surface area contributed by atoms with Crippen LogP contribution in [-0.4, -0.2) is 57.5 Å². The summed E-state index contributed by atoms with van der Waals surface area (Å²) in [5.74, 6) is -0.348. The number of nitrogens with one attached hydrogen (secondary N) is 1. The number of likely N-dealkylation sites (tertiary alicyclic amines) is 1. The van der Waals surface area contributed by atoms with Crippen LogP contribution in [0, 0.1) is 12.8 Å². The number of carbonyl (C=O) groups excluding carboxylic acids is 3. The number of aryl methyl sites for hydroxylation is 2. The largest absolute Gasteiger partial charge is 0.373 e. The van der Waals surface area contributed by atoms with Crippen molar-refractivity contribution in [1.29, 1.82) is 0 Å². The monoisotopic (exact) mass is 502 g/mol. The van der Waals surface area contributed by atoms with Crippen LogP contribution in [0.2, 0.25) is 0 Å². The quantitative estimate of drug-likeness (QED) is 0.451. The highest BCUT2D eigenvalue weighted by molar-refractivity contribution is 6.12. The molecule has 1 aliphatic heterocycles. The zero-order chi connectivity index (χ0) is 26.7. The highest BCUT2D eigenvalue weighted by Gasteiger charge is 2.55. The van der Waals surface area contributed by atoms with Gasteiger partial charge in [-0.05, 0) is 48.9 Å². The predicted octanol–water partition coefficient (Wildman–Crippen LogP) is 3.31.